The number of aryl methyl sites for hydroxylation is 1. The maximum atomic E-state index is 12.5. The summed E-state index contributed by atoms with van der Waals surface area (Å²) in [6.45, 7) is 8.57. The molecule has 2 N–H and O–H groups in total. The van der Waals surface area contributed by atoms with E-state index in [1.54, 1.807) is 12.4 Å². The average Bonchev–Trinajstić information content (AvgIpc) is 3.26. The van der Waals surface area contributed by atoms with Gasteiger partial charge >= 0.3 is 0 Å². The van der Waals surface area contributed by atoms with Crippen LogP contribution in [0.25, 0.3) is 0 Å². The van der Waals surface area contributed by atoms with Crippen molar-refractivity contribution in [3.05, 3.63) is 29.6 Å². The number of rotatable bonds is 6. The highest BCUT2D eigenvalue weighted by Crippen LogP contribution is 2.54. The third-order valence-corrected chi connectivity index (χ3v) is 6.31. The van der Waals surface area contributed by atoms with Crippen LogP contribution in [0.4, 0.5) is 0 Å². The number of amides is 2. The summed E-state index contributed by atoms with van der Waals surface area (Å²) in [5.74, 6) is 0.652. The van der Waals surface area contributed by atoms with Gasteiger partial charge in [-0.1, -0.05) is 0 Å². The molecule has 0 aromatic carbocycles. The Hall–Kier alpha value is -1.99. The van der Waals surface area contributed by atoms with Crippen LogP contribution in [0.3, 0.4) is 0 Å². The van der Waals surface area contributed by atoms with Crippen molar-refractivity contribution >= 4 is 11.8 Å². The summed E-state index contributed by atoms with van der Waals surface area (Å²) in [7, 11) is 0. The molecule has 2 amide bonds. The second-order valence-electron chi connectivity index (χ2n) is 8.88. The minimum absolute atomic E-state index is 0.0673. The molecule has 3 saturated heterocycles. The van der Waals surface area contributed by atoms with E-state index < -0.39 is 0 Å². The third-order valence-electron chi connectivity index (χ3n) is 6.31. The van der Waals surface area contributed by atoms with Crippen molar-refractivity contribution in [1.29, 1.82) is 0 Å². The predicted octanol–water partition coefficient (Wildman–Crippen LogP) is 1.12. The molecule has 0 aliphatic carbocycles. The molecule has 28 heavy (non-hydrogen) atoms. The maximum absolute atomic E-state index is 12.5. The fourth-order valence-corrected chi connectivity index (χ4v) is 5.24. The topological polar surface area (TPSA) is 83.6 Å². The smallest absolute Gasteiger partial charge is 0.252 e. The summed E-state index contributed by atoms with van der Waals surface area (Å²) >= 11 is 0. The summed E-state index contributed by atoms with van der Waals surface area (Å²) in [4.78, 5) is 31.0. The molecular weight excluding hydrogens is 356 g/mol. The molecule has 4 rings (SSSR count). The Kier molecular flexibility index (Phi) is 5.14. The van der Waals surface area contributed by atoms with E-state index in [2.05, 4.69) is 20.5 Å². The van der Waals surface area contributed by atoms with Gasteiger partial charge in [0.1, 0.15) is 0 Å². The van der Waals surface area contributed by atoms with Gasteiger partial charge in [0.2, 0.25) is 5.91 Å². The number of likely N-dealkylation sites (tertiary alicyclic amines) is 1. The Morgan fingerprint density at radius 1 is 1.39 bits per heavy atom. The van der Waals surface area contributed by atoms with E-state index >= 15 is 0 Å². The fourth-order valence-electron chi connectivity index (χ4n) is 5.24. The number of hydrogen-bond donors (Lipinski definition) is 2. The molecule has 3 fully saturated rings. The van der Waals surface area contributed by atoms with E-state index in [-0.39, 0.29) is 29.6 Å². The SMILES string of the molecule is Cc1cncc(C(=O)NC[C@H]2[C@H]3CN(CC(=O)NC(C)C)C[C@]34CC[C@H]2O4)c1. The van der Waals surface area contributed by atoms with Crippen molar-refractivity contribution < 1.29 is 14.3 Å². The molecular formula is C21H30N4O3. The lowest BCUT2D eigenvalue weighted by Gasteiger charge is -2.29. The standard InChI is InChI=1S/C21H30N4O3/c1-13(2)24-19(26)11-25-10-17-16(18-4-5-21(17,12-25)28-18)9-23-20(27)15-6-14(3)7-22-8-15/h6-8,13,16-18H,4-5,9-12H2,1-3H3,(H,23,27)(H,24,26)/t16-,17+,18+,21+/m0/s1. The molecule has 152 valence electrons. The Balaban J connectivity index is 1.37. The highest BCUT2D eigenvalue weighted by atomic mass is 16.5. The lowest BCUT2D eigenvalue weighted by atomic mass is 9.73. The Morgan fingerprint density at radius 3 is 2.96 bits per heavy atom. The molecule has 1 spiro atoms. The molecule has 3 aliphatic rings. The van der Waals surface area contributed by atoms with Crippen LogP contribution >= 0.6 is 0 Å². The third kappa shape index (κ3) is 3.65. The zero-order chi connectivity index (χ0) is 19.9. The zero-order valence-corrected chi connectivity index (χ0v) is 16.9. The Morgan fingerprint density at radius 2 is 2.21 bits per heavy atom. The van der Waals surface area contributed by atoms with Crippen molar-refractivity contribution in [2.45, 2.75) is 51.4 Å². The minimum Gasteiger partial charge on any atom is -0.370 e. The summed E-state index contributed by atoms with van der Waals surface area (Å²) in [6.07, 6.45) is 5.65. The van der Waals surface area contributed by atoms with Gasteiger partial charge in [0.15, 0.2) is 0 Å². The fraction of sp³-hybridized carbons (Fsp3) is 0.667. The first-order valence-corrected chi connectivity index (χ1v) is 10.3. The van der Waals surface area contributed by atoms with Crippen LogP contribution in [0.5, 0.6) is 0 Å². The second kappa shape index (κ2) is 7.44. The van der Waals surface area contributed by atoms with Gasteiger partial charge in [-0.3, -0.25) is 19.5 Å². The van der Waals surface area contributed by atoms with Gasteiger partial charge < -0.3 is 15.4 Å². The predicted molar refractivity (Wildman–Crippen MR) is 105 cm³/mol. The molecule has 1 aromatic rings. The first-order valence-electron chi connectivity index (χ1n) is 10.3. The number of fused-ring (bicyclic) bond motifs is 1. The minimum atomic E-state index is -0.136. The van der Waals surface area contributed by atoms with Gasteiger partial charge in [-0.05, 0) is 45.2 Å². The quantitative estimate of drug-likeness (QED) is 0.766. The van der Waals surface area contributed by atoms with E-state index in [0.717, 1.165) is 31.5 Å². The summed E-state index contributed by atoms with van der Waals surface area (Å²) in [5, 5.41) is 6.05. The number of nitrogens with zero attached hydrogens (tertiary/aromatic N) is 2. The van der Waals surface area contributed by atoms with E-state index in [0.29, 0.717) is 30.5 Å². The molecule has 0 unspecified atom stereocenters. The summed E-state index contributed by atoms with van der Waals surface area (Å²) in [6, 6.07) is 2.00. The van der Waals surface area contributed by atoms with E-state index in [4.69, 9.17) is 4.74 Å². The molecule has 7 nitrogen and oxygen atoms in total. The molecule has 7 heteroatoms. The van der Waals surface area contributed by atoms with E-state index in [1.165, 1.54) is 0 Å². The molecule has 4 atom stereocenters. The van der Waals surface area contributed by atoms with Crippen LogP contribution in [-0.2, 0) is 9.53 Å². The van der Waals surface area contributed by atoms with Crippen LogP contribution in [0.1, 0.15) is 42.6 Å². The number of pyridine rings is 1. The molecule has 0 radical (unpaired) electrons. The summed E-state index contributed by atoms with van der Waals surface area (Å²) in [5.41, 5.74) is 1.43. The molecule has 4 heterocycles. The van der Waals surface area contributed by atoms with Gasteiger partial charge in [0.25, 0.3) is 5.91 Å². The van der Waals surface area contributed by atoms with Crippen LogP contribution in [0, 0.1) is 18.8 Å². The number of ether oxygens (including phenoxy) is 1. The normalized spacial score (nSPS) is 31.2. The van der Waals surface area contributed by atoms with Crippen molar-refractivity contribution in [3.8, 4) is 0 Å². The van der Waals surface area contributed by atoms with Crippen molar-refractivity contribution in [2.75, 3.05) is 26.2 Å². The Labute approximate surface area is 166 Å². The number of carbonyl (C=O) groups is 2. The van der Waals surface area contributed by atoms with Gasteiger partial charge in [-0.2, -0.15) is 0 Å². The second-order valence-corrected chi connectivity index (χ2v) is 8.88. The lowest BCUT2D eigenvalue weighted by molar-refractivity contribution is -0.122. The highest BCUT2D eigenvalue weighted by molar-refractivity contribution is 5.94. The number of carbonyl (C=O) groups excluding carboxylic acids is 2. The molecule has 1 aromatic heterocycles. The van der Waals surface area contributed by atoms with Crippen molar-refractivity contribution in [1.82, 2.24) is 20.5 Å². The van der Waals surface area contributed by atoms with Gasteiger partial charge in [0, 0.05) is 49.9 Å². The highest BCUT2D eigenvalue weighted by Gasteiger charge is 2.62. The van der Waals surface area contributed by atoms with Gasteiger partial charge in [-0.25, -0.2) is 0 Å². The van der Waals surface area contributed by atoms with E-state index in [1.807, 2.05) is 26.8 Å². The number of aromatic nitrogens is 1. The largest absolute Gasteiger partial charge is 0.370 e. The van der Waals surface area contributed by atoms with Gasteiger partial charge in [0.05, 0.1) is 23.8 Å². The Bertz CT molecular complexity index is 768. The molecule has 2 bridgehead atoms. The summed E-state index contributed by atoms with van der Waals surface area (Å²) < 4.78 is 6.41. The van der Waals surface area contributed by atoms with E-state index in [9.17, 15) is 9.59 Å². The average molecular weight is 386 g/mol. The molecule has 0 saturated carbocycles. The first kappa shape index (κ1) is 19.3. The van der Waals surface area contributed by atoms with Crippen LogP contribution in [0.15, 0.2) is 18.5 Å². The van der Waals surface area contributed by atoms with Crippen LogP contribution < -0.4 is 10.6 Å². The molecule has 3 aliphatic heterocycles. The monoisotopic (exact) mass is 386 g/mol. The van der Waals surface area contributed by atoms with Crippen LogP contribution in [0.2, 0.25) is 0 Å². The zero-order valence-electron chi connectivity index (χ0n) is 16.9. The number of hydrogen-bond acceptors (Lipinski definition) is 5. The first-order chi connectivity index (χ1) is 13.4. The lowest BCUT2D eigenvalue weighted by Crippen LogP contribution is -2.41. The van der Waals surface area contributed by atoms with Crippen LogP contribution in [-0.4, -0.2) is 65.6 Å². The van der Waals surface area contributed by atoms with Crippen molar-refractivity contribution in [2.24, 2.45) is 11.8 Å². The maximum Gasteiger partial charge on any atom is 0.252 e. The number of nitrogens with one attached hydrogen (secondary N) is 2. The van der Waals surface area contributed by atoms with Crippen molar-refractivity contribution in [3.63, 3.8) is 0 Å². The van der Waals surface area contributed by atoms with Gasteiger partial charge in [-0.15, -0.1) is 0 Å².